The summed E-state index contributed by atoms with van der Waals surface area (Å²) in [7, 11) is 0. The smallest absolute Gasteiger partial charge is 0.270 e. The molecule has 0 aliphatic carbocycles. The van der Waals surface area contributed by atoms with Gasteiger partial charge in [0.1, 0.15) is 5.70 Å². The van der Waals surface area contributed by atoms with Crippen molar-refractivity contribution >= 4 is 40.8 Å². The van der Waals surface area contributed by atoms with Crippen LogP contribution < -0.4 is 5.32 Å². The van der Waals surface area contributed by atoms with Crippen molar-refractivity contribution in [3.8, 4) is 10.4 Å². The first-order valence-electron chi connectivity index (χ1n) is 9.91. The second-order valence-corrected chi connectivity index (χ2v) is 8.49. The van der Waals surface area contributed by atoms with E-state index in [0.717, 1.165) is 15.3 Å². The number of hydrogen-bond donors (Lipinski definition) is 1. The zero-order chi connectivity index (χ0) is 21.6. The Balaban J connectivity index is 1.63. The molecule has 2 aromatic carbocycles. The predicted molar refractivity (Wildman–Crippen MR) is 124 cm³/mol. The van der Waals surface area contributed by atoms with Gasteiger partial charge in [-0.05, 0) is 36.4 Å². The van der Waals surface area contributed by atoms with Gasteiger partial charge in [0.05, 0.1) is 13.2 Å². The lowest BCUT2D eigenvalue weighted by atomic mass is 10.2. The van der Waals surface area contributed by atoms with E-state index in [4.69, 9.17) is 16.3 Å². The molecule has 31 heavy (non-hydrogen) atoms. The third kappa shape index (κ3) is 5.22. The first-order chi connectivity index (χ1) is 15.1. The van der Waals surface area contributed by atoms with E-state index in [0.29, 0.717) is 36.9 Å². The number of thiophene rings is 1. The van der Waals surface area contributed by atoms with Crippen LogP contribution in [0.2, 0.25) is 5.02 Å². The highest BCUT2D eigenvalue weighted by Gasteiger charge is 2.23. The Labute approximate surface area is 189 Å². The van der Waals surface area contributed by atoms with Crippen LogP contribution >= 0.6 is 22.9 Å². The maximum atomic E-state index is 13.2. The Morgan fingerprint density at radius 1 is 0.968 bits per heavy atom. The normalized spacial score (nSPS) is 14.4. The lowest BCUT2D eigenvalue weighted by Gasteiger charge is -2.27. The minimum absolute atomic E-state index is 0.222. The highest BCUT2D eigenvalue weighted by Crippen LogP contribution is 2.34. The minimum atomic E-state index is -0.323. The Morgan fingerprint density at radius 3 is 2.42 bits per heavy atom. The Bertz CT molecular complexity index is 1100. The maximum absolute atomic E-state index is 13.2. The standard InChI is InChI=1S/C24H21ClN2O3S/c25-20-9-5-4-8-19(20)22-11-10-18(31-22)16-21(24(29)27-12-14-30-15-13-27)26-23(28)17-6-2-1-3-7-17/h1-11,16H,12-15H2,(H,26,28)/b21-16+. The lowest BCUT2D eigenvalue weighted by molar-refractivity contribution is -0.131. The summed E-state index contributed by atoms with van der Waals surface area (Å²) < 4.78 is 5.35. The molecule has 1 N–H and O–H groups in total. The van der Waals surface area contributed by atoms with E-state index in [9.17, 15) is 9.59 Å². The van der Waals surface area contributed by atoms with Gasteiger partial charge in [0, 0.05) is 39.0 Å². The molecule has 1 aliphatic heterocycles. The van der Waals surface area contributed by atoms with E-state index in [1.165, 1.54) is 11.3 Å². The van der Waals surface area contributed by atoms with E-state index in [-0.39, 0.29) is 17.5 Å². The van der Waals surface area contributed by atoms with Gasteiger partial charge in [-0.2, -0.15) is 0 Å². The predicted octanol–water partition coefficient (Wildman–Crippen LogP) is 4.70. The van der Waals surface area contributed by atoms with Crippen LogP contribution in [-0.4, -0.2) is 43.0 Å². The number of carbonyl (C=O) groups is 2. The molecule has 1 fully saturated rings. The van der Waals surface area contributed by atoms with Gasteiger partial charge < -0.3 is 15.0 Å². The quantitative estimate of drug-likeness (QED) is 0.571. The molecule has 158 valence electrons. The number of ether oxygens (including phenoxy) is 1. The Kier molecular flexibility index (Phi) is 6.82. The van der Waals surface area contributed by atoms with E-state index in [1.54, 1.807) is 35.2 Å². The topological polar surface area (TPSA) is 58.6 Å². The molecule has 0 atom stereocenters. The zero-order valence-corrected chi connectivity index (χ0v) is 18.3. The summed E-state index contributed by atoms with van der Waals surface area (Å²) in [5.74, 6) is -0.545. The molecule has 1 aromatic heterocycles. The number of carbonyl (C=O) groups excluding carboxylic acids is 2. The van der Waals surface area contributed by atoms with Gasteiger partial charge in [-0.25, -0.2) is 0 Å². The summed E-state index contributed by atoms with van der Waals surface area (Å²) in [6, 6.07) is 20.4. The molecule has 7 heteroatoms. The molecule has 2 heterocycles. The summed E-state index contributed by atoms with van der Waals surface area (Å²) in [5.41, 5.74) is 1.66. The van der Waals surface area contributed by atoms with Crippen molar-refractivity contribution < 1.29 is 14.3 Å². The summed E-state index contributed by atoms with van der Waals surface area (Å²) >= 11 is 7.83. The molecule has 0 saturated carbocycles. The number of morpholine rings is 1. The van der Waals surface area contributed by atoms with Crippen LogP contribution in [0.1, 0.15) is 15.2 Å². The average Bonchev–Trinajstić information content (AvgIpc) is 3.28. The fraction of sp³-hybridized carbons (Fsp3) is 0.167. The Morgan fingerprint density at radius 2 is 1.68 bits per heavy atom. The van der Waals surface area contributed by atoms with Gasteiger partial charge >= 0.3 is 0 Å². The number of halogens is 1. The SMILES string of the molecule is O=C(N/C(=C/c1ccc(-c2ccccc2Cl)s1)C(=O)N1CCOCC1)c1ccccc1. The molecule has 1 saturated heterocycles. The third-order valence-electron chi connectivity index (χ3n) is 4.87. The largest absolute Gasteiger partial charge is 0.378 e. The van der Waals surface area contributed by atoms with E-state index in [1.807, 2.05) is 42.5 Å². The average molecular weight is 453 g/mol. The fourth-order valence-corrected chi connectivity index (χ4v) is 4.53. The molecule has 5 nitrogen and oxygen atoms in total. The molecular weight excluding hydrogens is 432 g/mol. The highest BCUT2D eigenvalue weighted by molar-refractivity contribution is 7.16. The third-order valence-corrected chi connectivity index (χ3v) is 6.26. The summed E-state index contributed by atoms with van der Waals surface area (Å²) in [6.07, 6.45) is 1.73. The number of nitrogens with one attached hydrogen (secondary N) is 1. The van der Waals surface area contributed by atoms with Crippen molar-refractivity contribution in [2.45, 2.75) is 0 Å². The van der Waals surface area contributed by atoms with Crippen LogP contribution in [-0.2, 0) is 9.53 Å². The molecule has 0 bridgehead atoms. The first kappa shape index (κ1) is 21.3. The summed E-state index contributed by atoms with van der Waals surface area (Å²) in [6.45, 7) is 1.96. The fourth-order valence-electron chi connectivity index (χ4n) is 3.25. The van der Waals surface area contributed by atoms with E-state index >= 15 is 0 Å². The Hall–Kier alpha value is -2.93. The van der Waals surface area contributed by atoms with E-state index in [2.05, 4.69) is 5.32 Å². The van der Waals surface area contributed by atoms with Gasteiger partial charge in [-0.1, -0.05) is 48.0 Å². The van der Waals surface area contributed by atoms with Crippen molar-refractivity contribution in [1.29, 1.82) is 0 Å². The van der Waals surface area contributed by atoms with E-state index < -0.39 is 0 Å². The molecule has 3 aromatic rings. The summed E-state index contributed by atoms with van der Waals surface area (Å²) in [4.78, 5) is 29.4. The second-order valence-electron chi connectivity index (χ2n) is 6.96. The van der Waals surface area contributed by atoms with Crippen LogP contribution in [0.5, 0.6) is 0 Å². The molecular formula is C24H21ClN2O3S. The summed E-state index contributed by atoms with van der Waals surface area (Å²) in [5, 5.41) is 3.48. The van der Waals surface area contributed by atoms with Crippen molar-refractivity contribution in [2.75, 3.05) is 26.3 Å². The molecule has 1 aliphatic rings. The van der Waals surface area contributed by atoms with Gasteiger partial charge in [0.15, 0.2) is 0 Å². The van der Waals surface area contributed by atoms with Gasteiger partial charge in [-0.15, -0.1) is 11.3 Å². The minimum Gasteiger partial charge on any atom is -0.378 e. The van der Waals surface area contributed by atoms with Crippen LogP contribution in [0.4, 0.5) is 0 Å². The van der Waals surface area contributed by atoms with Crippen LogP contribution in [0.3, 0.4) is 0 Å². The van der Waals surface area contributed by atoms with Crippen molar-refractivity contribution in [3.63, 3.8) is 0 Å². The second kappa shape index (κ2) is 9.92. The molecule has 4 rings (SSSR count). The van der Waals surface area contributed by atoms with Crippen LogP contribution in [0.25, 0.3) is 16.5 Å². The maximum Gasteiger partial charge on any atom is 0.270 e. The van der Waals surface area contributed by atoms with Gasteiger partial charge in [-0.3, -0.25) is 9.59 Å². The van der Waals surface area contributed by atoms with Crippen molar-refractivity contribution in [2.24, 2.45) is 0 Å². The monoisotopic (exact) mass is 452 g/mol. The lowest BCUT2D eigenvalue weighted by Crippen LogP contribution is -2.44. The van der Waals surface area contributed by atoms with Crippen molar-refractivity contribution in [1.82, 2.24) is 10.2 Å². The number of hydrogen-bond acceptors (Lipinski definition) is 4. The zero-order valence-electron chi connectivity index (χ0n) is 16.7. The molecule has 0 radical (unpaired) electrons. The van der Waals surface area contributed by atoms with Gasteiger partial charge in [0.25, 0.3) is 11.8 Å². The first-order valence-corrected chi connectivity index (χ1v) is 11.1. The molecule has 0 unspecified atom stereocenters. The highest BCUT2D eigenvalue weighted by atomic mass is 35.5. The van der Waals surface area contributed by atoms with Crippen molar-refractivity contribution in [3.05, 3.63) is 87.9 Å². The van der Waals surface area contributed by atoms with Crippen LogP contribution in [0.15, 0.2) is 72.4 Å². The van der Waals surface area contributed by atoms with Gasteiger partial charge in [0.2, 0.25) is 0 Å². The number of benzene rings is 2. The number of rotatable bonds is 5. The molecule has 2 amide bonds. The molecule has 0 spiro atoms. The van der Waals surface area contributed by atoms with Crippen LogP contribution in [0, 0.1) is 0 Å². The number of amides is 2. The number of nitrogens with zero attached hydrogens (tertiary/aromatic N) is 1.